The van der Waals surface area contributed by atoms with Gasteiger partial charge in [0.15, 0.2) is 11.5 Å². The van der Waals surface area contributed by atoms with E-state index < -0.39 is 11.3 Å². The lowest BCUT2D eigenvalue weighted by Gasteiger charge is -2.20. The van der Waals surface area contributed by atoms with E-state index in [2.05, 4.69) is 9.97 Å². The van der Waals surface area contributed by atoms with Crippen molar-refractivity contribution in [2.24, 2.45) is 5.41 Å². The van der Waals surface area contributed by atoms with Crippen molar-refractivity contribution in [2.75, 3.05) is 25.4 Å². The first kappa shape index (κ1) is 26.6. The Balaban J connectivity index is 1.48. The first-order chi connectivity index (χ1) is 19.2. The first-order valence-electron chi connectivity index (χ1n) is 12.8. The number of nitriles is 1. The number of amides is 1. The molecule has 3 N–H and O–H groups in total. The molecule has 4 aromatic rings. The van der Waals surface area contributed by atoms with Crippen molar-refractivity contribution in [2.45, 2.75) is 26.3 Å². The number of aliphatic hydroxyl groups excluding tert-OH is 1. The summed E-state index contributed by atoms with van der Waals surface area (Å²) < 4.78 is 8.88. The van der Waals surface area contributed by atoms with E-state index in [0.717, 1.165) is 0 Å². The van der Waals surface area contributed by atoms with Crippen LogP contribution in [0.25, 0.3) is 16.9 Å². The lowest BCUT2D eigenvalue weighted by Crippen LogP contribution is -2.33. The standard InChI is InChI=1S/C29H29N7O4/c1-29(2,17-37)14-19(15-30)27(38)34-13-12-21(16-34)36-26-24(25(31)32-18-33-26)35(28(36)39)20-8-10-23(11-9-20)40-22-6-4-3-5-7-22/h3-11,14,18,21,37H,12-13,16-17H2,1-2H3,(H2,31,32,33)/b19-14-/t21-/m0/s1. The van der Waals surface area contributed by atoms with Gasteiger partial charge < -0.3 is 20.5 Å². The summed E-state index contributed by atoms with van der Waals surface area (Å²) >= 11 is 0. The van der Waals surface area contributed by atoms with Gasteiger partial charge in [-0.05, 0) is 42.8 Å². The van der Waals surface area contributed by atoms with Crippen LogP contribution in [-0.2, 0) is 4.79 Å². The van der Waals surface area contributed by atoms with Crippen molar-refractivity contribution < 1.29 is 14.6 Å². The van der Waals surface area contributed by atoms with E-state index in [1.54, 1.807) is 47.6 Å². The topological polar surface area (TPSA) is 152 Å². The Kier molecular flexibility index (Phi) is 7.11. The molecule has 2 aromatic heterocycles. The first-order valence-corrected chi connectivity index (χ1v) is 12.8. The number of rotatable bonds is 7. The molecule has 0 unspecified atom stereocenters. The number of likely N-dealkylation sites (tertiary alicyclic amines) is 1. The fraction of sp³-hybridized carbons (Fsp3) is 0.276. The Hall–Kier alpha value is -4.95. The third-order valence-corrected chi connectivity index (χ3v) is 6.86. The number of aliphatic hydroxyl groups is 1. The third-order valence-electron chi connectivity index (χ3n) is 6.86. The lowest BCUT2D eigenvalue weighted by atomic mass is 9.92. The van der Waals surface area contributed by atoms with Crippen molar-refractivity contribution in [1.82, 2.24) is 24.0 Å². The number of benzene rings is 2. The maximum atomic E-state index is 13.9. The Bertz CT molecular complexity index is 1680. The zero-order valence-electron chi connectivity index (χ0n) is 22.2. The zero-order valence-corrected chi connectivity index (χ0v) is 22.2. The van der Waals surface area contributed by atoms with Crippen LogP contribution in [-0.4, -0.2) is 54.7 Å². The summed E-state index contributed by atoms with van der Waals surface area (Å²) in [7, 11) is 0. The normalized spacial score (nSPS) is 15.8. The number of nitrogens with zero attached hydrogens (tertiary/aromatic N) is 6. The van der Waals surface area contributed by atoms with Crippen LogP contribution in [0.1, 0.15) is 26.3 Å². The number of nitrogen functional groups attached to an aromatic ring is 1. The van der Waals surface area contributed by atoms with E-state index in [4.69, 9.17) is 10.5 Å². The summed E-state index contributed by atoms with van der Waals surface area (Å²) in [5, 5.41) is 19.2. The molecular formula is C29H29N7O4. The molecule has 1 saturated heterocycles. The van der Waals surface area contributed by atoms with E-state index in [1.807, 2.05) is 36.4 Å². The highest BCUT2D eigenvalue weighted by Crippen LogP contribution is 2.29. The van der Waals surface area contributed by atoms with Crippen LogP contribution in [0.4, 0.5) is 5.82 Å². The summed E-state index contributed by atoms with van der Waals surface area (Å²) in [6, 6.07) is 18.0. The third kappa shape index (κ3) is 5.04. The predicted molar refractivity (Wildman–Crippen MR) is 149 cm³/mol. The summed E-state index contributed by atoms with van der Waals surface area (Å²) in [6.45, 7) is 3.84. The van der Waals surface area contributed by atoms with Gasteiger partial charge in [-0.2, -0.15) is 5.26 Å². The highest BCUT2D eigenvalue weighted by molar-refractivity contribution is 5.97. The maximum absolute atomic E-state index is 13.9. The second-order valence-electron chi connectivity index (χ2n) is 10.3. The lowest BCUT2D eigenvalue weighted by molar-refractivity contribution is -0.125. The minimum absolute atomic E-state index is 0.0427. The van der Waals surface area contributed by atoms with Crippen molar-refractivity contribution in [3.05, 3.63) is 83.1 Å². The molecule has 0 saturated carbocycles. The number of carbonyl (C=O) groups excluding carboxylic acids is 1. The maximum Gasteiger partial charge on any atom is 0.335 e. The molecule has 40 heavy (non-hydrogen) atoms. The summed E-state index contributed by atoms with van der Waals surface area (Å²) in [6.07, 6.45) is 3.28. The van der Waals surface area contributed by atoms with E-state index in [-0.39, 0.29) is 36.3 Å². The highest BCUT2D eigenvalue weighted by atomic mass is 16.5. The van der Waals surface area contributed by atoms with Crippen LogP contribution >= 0.6 is 0 Å². The molecular weight excluding hydrogens is 510 g/mol. The fourth-order valence-electron chi connectivity index (χ4n) is 4.81. The van der Waals surface area contributed by atoms with Crippen LogP contribution in [0.2, 0.25) is 0 Å². The molecule has 204 valence electrons. The second-order valence-corrected chi connectivity index (χ2v) is 10.3. The molecule has 1 amide bonds. The molecule has 5 rings (SSSR count). The number of para-hydroxylation sites is 1. The number of carbonyl (C=O) groups is 1. The van der Waals surface area contributed by atoms with E-state index in [1.165, 1.54) is 17.0 Å². The summed E-state index contributed by atoms with van der Waals surface area (Å²) in [5.41, 5.74) is 6.40. The monoisotopic (exact) mass is 539 g/mol. The number of anilines is 1. The number of hydrogen-bond donors (Lipinski definition) is 2. The fourth-order valence-corrected chi connectivity index (χ4v) is 4.81. The zero-order chi connectivity index (χ0) is 28.4. The number of ether oxygens (including phenoxy) is 1. The van der Waals surface area contributed by atoms with Crippen LogP contribution < -0.4 is 16.2 Å². The van der Waals surface area contributed by atoms with Gasteiger partial charge in [0.1, 0.15) is 35.0 Å². The molecule has 0 bridgehead atoms. The van der Waals surface area contributed by atoms with Gasteiger partial charge in [0, 0.05) is 18.5 Å². The molecule has 1 fully saturated rings. The van der Waals surface area contributed by atoms with Gasteiger partial charge in [-0.25, -0.2) is 14.8 Å². The molecule has 11 heteroatoms. The predicted octanol–water partition coefficient (Wildman–Crippen LogP) is 3.20. The number of nitrogens with two attached hydrogens (primary N) is 1. The molecule has 2 aromatic carbocycles. The van der Waals surface area contributed by atoms with Gasteiger partial charge in [-0.3, -0.25) is 13.9 Å². The van der Waals surface area contributed by atoms with Crippen molar-refractivity contribution in [3.63, 3.8) is 0 Å². The van der Waals surface area contributed by atoms with E-state index in [9.17, 15) is 20.0 Å². The average Bonchev–Trinajstić information content (AvgIpc) is 3.55. The van der Waals surface area contributed by atoms with Crippen LogP contribution in [0.15, 0.2) is 77.4 Å². The number of aromatic nitrogens is 4. The van der Waals surface area contributed by atoms with Gasteiger partial charge in [0.25, 0.3) is 5.91 Å². The van der Waals surface area contributed by atoms with Crippen molar-refractivity contribution >= 4 is 22.9 Å². The summed E-state index contributed by atoms with van der Waals surface area (Å²) in [5.74, 6) is 1.01. The van der Waals surface area contributed by atoms with Crippen molar-refractivity contribution in [3.8, 4) is 23.3 Å². The summed E-state index contributed by atoms with van der Waals surface area (Å²) in [4.78, 5) is 37.0. The molecule has 1 aliphatic rings. The minimum atomic E-state index is -0.722. The molecule has 0 spiro atoms. The van der Waals surface area contributed by atoms with Gasteiger partial charge in [0.05, 0.1) is 18.3 Å². The van der Waals surface area contributed by atoms with Gasteiger partial charge >= 0.3 is 5.69 Å². The molecule has 0 aliphatic carbocycles. The van der Waals surface area contributed by atoms with Crippen LogP contribution in [0, 0.1) is 16.7 Å². The largest absolute Gasteiger partial charge is 0.457 e. The van der Waals surface area contributed by atoms with Gasteiger partial charge in [-0.15, -0.1) is 0 Å². The smallest absolute Gasteiger partial charge is 0.335 e. The molecule has 0 radical (unpaired) electrons. The quantitative estimate of drug-likeness (QED) is 0.268. The molecule has 3 heterocycles. The number of hydrogen-bond acceptors (Lipinski definition) is 8. The SMILES string of the molecule is CC(C)(/C=C(/C#N)C(=O)N1CC[C@H](n2c(=O)n(-c3ccc(Oc4ccccc4)cc3)c3c(N)ncnc32)C1)CO. The molecule has 1 atom stereocenters. The number of imidazole rings is 1. The van der Waals surface area contributed by atoms with Crippen LogP contribution in [0.5, 0.6) is 11.5 Å². The Morgan fingerprint density at radius 3 is 2.55 bits per heavy atom. The average molecular weight is 540 g/mol. The van der Waals surface area contributed by atoms with E-state index in [0.29, 0.717) is 41.3 Å². The Morgan fingerprint density at radius 2 is 1.88 bits per heavy atom. The van der Waals surface area contributed by atoms with Gasteiger partial charge in [-0.1, -0.05) is 38.1 Å². The number of fused-ring (bicyclic) bond motifs is 1. The minimum Gasteiger partial charge on any atom is -0.457 e. The second kappa shape index (κ2) is 10.7. The Morgan fingerprint density at radius 1 is 1.18 bits per heavy atom. The van der Waals surface area contributed by atoms with Crippen LogP contribution in [0.3, 0.4) is 0 Å². The van der Waals surface area contributed by atoms with Gasteiger partial charge in [0.2, 0.25) is 0 Å². The highest BCUT2D eigenvalue weighted by Gasteiger charge is 2.33. The molecule has 11 nitrogen and oxygen atoms in total. The Labute approximate surface area is 230 Å². The van der Waals surface area contributed by atoms with Crippen molar-refractivity contribution in [1.29, 1.82) is 5.26 Å². The molecule has 1 aliphatic heterocycles. The van der Waals surface area contributed by atoms with E-state index >= 15 is 0 Å².